The molecule has 23 heavy (non-hydrogen) atoms. The van der Waals surface area contributed by atoms with E-state index in [9.17, 15) is 0 Å². The fourth-order valence-corrected chi connectivity index (χ4v) is 2.84. The third-order valence-corrected chi connectivity index (χ3v) is 4.02. The molecule has 0 spiro atoms. The minimum atomic E-state index is 0. The van der Waals surface area contributed by atoms with Gasteiger partial charge in [-0.3, -0.25) is 0 Å². The highest BCUT2D eigenvalue weighted by Gasteiger charge is 2.09. The van der Waals surface area contributed by atoms with Gasteiger partial charge in [0.1, 0.15) is 5.75 Å². The zero-order valence-electron chi connectivity index (χ0n) is 13.8. The lowest BCUT2D eigenvalue weighted by atomic mass is 10.2. The van der Waals surface area contributed by atoms with Gasteiger partial charge in [-0.15, -0.1) is 24.0 Å². The number of guanidine groups is 1. The minimum absolute atomic E-state index is 0. The Labute approximate surface area is 159 Å². The topological polar surface area (TPSA) is 36.9 Å². The lowest BCUT2D eigenvalue weighted by Gasteiger charge is -2.23. The molecular formula is C17H24IN3OS. The highest BCUT2D eigenvalue weighted by molar-refractivity contribution is 14.0. The van der Waals surface area contributed by atoms with Gasteiger partial charge < -0.3 is 15.0 Å². The molecule has 0 saturated heterocycles. The van der Waals surface area contributed by atoms with Crippen molar-refractivity contribution in [2.45, 2.75) is 20.0 Å². The molecule has 0 aliphatic rings. The molecule has 0 aliphatic heterocycles. The van der Waals surface area contributed by atoms with Crippen molar-refractivity contribution >= 4 is 41.3 Å². The van der Waals surface area contributed by atoms with E-state index in [1.165, 1.54) is 5.56 Å². The standard InChI is InChI=1S/C17H23N3OS.HI/c1-4-18-17(19-11-14-9-10-22-13-14)20(2)12-15-7-5-6-8-16(15)21-3;/h5-10,13H,4,11-12H2,1-3H3,(H,18,19);1H. The Bertz CT molecular complexity index is 602. The number of thiophene rings is 1. The molecule has 1 aromatic carbocycles. The van der Waals surface area contributed by atoms with E-state index in [2.05, 4.69) is 40.0 Å². The summed E-state index contributed by atoms with van der Waals surface area (Å²) in [6, 6.07) is 10.2. The number of nitrogens with zero attached hydrogens (tertiary/aromatic N) is 2. The summed E-state index contributed by atoms with van der Waals surface area (Å²) in [5.41, 5.74) is 2.39. The molecule has 2 aromatic rings. The second-order valence-corrected chi connectivity index (χ2v) is 5.75. The van der Waals surface area contributed by atoms with Gasteiger partial charge in [0.25, 0.3) is 0 Å². The number of nitrogens with one attached hydrogen (secondary N) is 1. The van der Waals surface area contributed by atoms with Gasteiger partial charge in [0, 0.05) is 25.7 Å². The van der Waals surface area contributed by atoms with Crippen LogP contribution in [-0.2, 0) is 13.1 Å². The fraction of sp³-hybridized carbons (Fsp3) is 0.353. The van der Waals surface area contributed by atoms with Crippen LogP contribution >= 0.6 is 35.3 Å². The van der Waals surface area contributed by atoms with Crippen LogP contribution in [0.4, 0.5) is 0 Å². The first kappa shape index (κ1) is 19.8. The number of aliphatic imine (C=N–C) groups is 1. The Morgan fingerprint density at radius 2 is 2.09 bits per heavy atom. The van der Waals surface area contributed by atoms with Gasteiger partial charge in [0.05, 0.1) is 13.7 Å². The van der Waals surface area contributed by atoms with E-state index < -0.39 is 0 Å². The first-order valence-electron chi connectivity index (χ1n) is 7.37. The van der Waals surface area contributed by atoms with Gasteiger partial charge in [-0.1, -0.05) is 18.2 Å². The van der Waals surface area contributed by atoms with E-state index in [-0.39, 0.29) is 24.0 Å². The van der Waals surface area contributed by atoms with Crippen LogP contribution in [0.1, 0.15) is 18.1 Å². The molecule has 0 unspecified atom stereocenters. The van der Waals surface area contributed by atoms with Gasteiger partial charge >= 0.3 is 0 Å². The van der Waals surface area contributed by atoms with E-state index >= 15 is 0 Å². The van der Waals surface area contributed by atoms with E-state index in [4.69, 9.17) is 9.73 Å². The molecule has 1 N–H and O–H groups in total. The van der Waals surface area contributed by atoms with Crippen molar-refractivity contribution in [1.82, 2.24) is 10.2 Å². The van der Waals surface area contributed by atoms with Crippen molar-refractivity contribution in [3.8, 4) is 5.75 Å². The van der Waals surface area contributed by atoms with Crippen LogP contribution in [0.2, 0.25) is 0 Å². The highest BCUT2D eigenvalue weighted by atomic mass is 127. The first-order valence-corrected chi connectivity index (χ1v) is 8.31. The molecule has 0 radical (unpaired) electrons. The molecule has 0 amide bonds. The third kappa shape index (κ3) is 6.02. The van der Waals surface area contributed by atoms with Crippen molar-refractivity contribution in [3.05, 3.63) is 52.2 Å². The van der Waals surface area contributed by atoms with Crippen molar-refractivity contribution in [2.24, 2.45) is 4.99 Å². The van der Waals surface area contributed by atoms with Crippen molar-refractivity contribution in [1.29, 1.82) is 0 Å². The molecule has 4 nitrogen and oxygen atoms in total. The average Bonchev–Trinajstić information content (AvgIpc) is 3.05. The predicted octanol–water partition coefficient (Wildman–Crippen LogP) is 3.97. The summed E-state index contributed by atoms with van der Waals surface area (Å²) in [6.45, 7) is 4.37. The molecule has 0 atom stereocenters. The summed E-state index contributed by atoms with van der Waals surface area (Å²) in [7, 11) is 3.75. The maximum absolute atomic E-state index is 5.42. The zero-order chi connectivity index (χ0) is 15.8. The van der Waals surface area contributed by atoms with Crippen LogP contribution in [0.15, 0.2) is 46.1 Å². The quantitative estimate of drug-likeness (QED) is 0.416. The molecule has 0 fully saturated rings. The number of benzene rings is 1. The van der Waals surface area contributed by atoms with Crippen LogP contribution in [-0.4, -0.2) is 31.6 Å². The molecule has 1 heterocycles. The maximum Gasteiger partial charge on any atom is 0.194 e. The zero-order valence-corrected chi connectivity index (χ0v) is 16.9. The fourth-order valence-electron chi connectivity index (χ4n) is 2.18. The summed E-state index contributed by atoms with van der Waals surface area (Å²) in [4.78, 5) is 6.82. The number of halogens is 1. The Morgan fingerprint density at radius 1 is 1.30 bits per heavy atom. The molecule has 6 heteroatoms. The lowest BCUT2D eigenvalue weighted by molar-refractivity contribution is 0.396. The average molecular weight is 445 g/mol. The van der Waals surface area contributed by atoms with E-state index in [1.54, 1.807) is 18.4 Å². The normalized spacial score (nSPS) is 10.8. The van der Waals surface area contributed by atoms with Crippen molar-refractivity contribution in [2.75, 3.05) is 20.7 Å². The van der Waals surface area contributed by atoms with E-state index in [0.717, 1.165) is 30.4 Å². The predicted molar refractivity (Wildman–Crippen MR) is 109 cm³/mol. The Hall–Kier alpha value is -1.28. The molecule has 126 valence electrons. The van der Waals surface area contributed by atoms with Crippen molar-refractivity contribution in [3.63, 3.8) is 0 Å². The minimum Gasteiger partial charge on any atom is -0.496 e. The Morgan fingerprint density at radius 3 is 2.74 bits per heavy atom. The van der Waals surface area contributed by atoms with E-state index in [0.29, 0.717) is 6.54 Å². The Kier molecular flexibility index (Phi) is 9.01. The largest absolute Gasteiger partial charge is 0.496 e. The lowest BCUT2D eigenvalue weighted by Crippen LogP contribution is -2.38. The molecule has 1 aromatic heterocycles. The van der Waals surface area contributed by atoms with Gasteiger partial charge in [-0.2, -0.15) is 11.3 Å². The SMILES string of the molecule is CCNC(=NCc1ccsc1)N(C)Cc1ccccc1OC.I. The van der Waals surface area contributed by atoms with Crippen LogP contribution in [0.5, 0.6) is 5.75 Å². The van der Waals surface area contributed by atoms with Crippen LogP contribution in [0, 0.1) is 0 Å². The molecule has 0 aliphatic carbocycles. The van der Waals surface area contributed by atoms with Crippen LogP contribution < -0.4 is 10.1 Å². The second kappa shape index (κ2) is 10.5. The molecular weight excluding hydrogens is 421 g/mol. The number of hydrogen-bond donors (Lipinski definition) is 1. The summed E-state index contributed by atoms with van der Waals surface area (Å²) < 4.78 is 5.42. The number of rotatable bonds is 6. The van der Waals surface area contributed by atoms with Gasteiger partial charge in [0.15, 0.2) is 5.96 Å². The third-order valence-electron chi connectivity index (χ3n) is 3.29. The smallest absolute Gasteiger partial charge is 0.194 e. The van der Waals surface area contributed by atoms with Gasteiger partial charge in [-0.25, -0.2) is 4.99 Å². The number of ether oxygens (including phenoxy) is 1. The van der Waals surface area contributed by atoms with Gasteiger partial charge in [0.2, 0.25) is 0 Å². The highest BCUT2D eigenvalue weighted by Crippen LogP contribution is 2.18. The number of hydrogen-bond acceptors (Lipinski definition) is 3. The maximum atomic E-state index is 5.42. The summed E-state index contributed by atoms with van der Waals surface area (Å²) in [5.74, 6) is 1.81. The monoisotopic (exact) mass is 445 g/mol. The van der Waals surface area contributed by atoms with Crippen LogP contribution in [0.3, 0.4) is 0 Å². The first-order chi connectivity index (χ1) is 10.7. The van der Waals surface area contributed by atoms with Gasteiger partial charge in [-0.05, 0) is 35.4 Å². The molecule has 0 bridgehead atoms. The Balaban J connectivity index is 0.00000264. The molecule has 0 saturated carbocycles. The number of para-hydroxylation sites is 1. The van der Waals surface area contributed by atoms with Crippen molar-refractivity contribution < 1.29 is 4.74 Å². The summed E-state index contributed by atoms with van der Waals surface area (Å²) >= 11 is 1.70. The summed E-state index contributed by atoms with van der Waals surface area (Å²) in [6.07, 6.45) is 0. The number of methoxy groups -OCH3 is 1. The second-order valence-electron chi connectivity index (χ2n) is 4.97. The van der Waals surface area contributed by atoms with E-state index in [1.807, 2.05) is 25.2 Å². The molecule has 2 rings (SSSR count). The van der Waals surface area contributed by atoms with Crippen LogP contribution in [0.25, 0.3) is 0 Å². The summed E-state index contributed by atoms with van der Waals surface area (Å²) in [5, 5.41) is 7.55.